The molecule has 2 N–H and O–H groups in total. The fourth-order valence-corrected chi connectivity index (χ4v) is 3.30. The highest BCUT2D eigenvalue weighted by Crippen LogP contribution is 2.16. The van der Waals surface area contributed by atoms with Crippen molar-refractivity contribution in [2.75, 3.05) is 19.7 Å². The summed E-state index contributed by atoms with van der Waals surface area (Å²) >= 11 is 0. The summed E-state index contributed by atoms with van der Waals surface area (Å²) < 4.78 is 25.9. The van der Waals surface area contributed by atoms with Crippen LogP contribution in [0.15, 0.2) is 29.2 Å². The number of benzene rings is 1. The molecule has 0 aliphatic rings. The predicted molar refractivity (Wildman–Crippen MR) is 80.6 cm³/mol. The molecule has 0 spiro atoms. The van der Waals surface area contributed by atoms with E-state index in [1.54, 1.807) is 20.8 Å². The normalized spacial score (nSPS) is 13.2. The average molecular weight is 314 g/mol. The van der Waals surface area contributed by atoms with E-state index in [4.69, 9.17) is 5.11 Å². The van der Waals surface area contributed by atoms with E-state index in [1.165, 1.54) is 28.6 Å². The van der Waals surface area contributed by atoms with Gasteiger partial charge in [-0.05, 0) is 31.2 Å². The van der Waals surface area contributed by atoms with Crippen LogP contribution < -0.4 is 5.32 Å². The predicted octanol–water partition coefficient (Wildman–Crippen LogP) is 0.828. The fraction of sp³-hybridized carbons (Fsp3) is 0.500. The number of hydrogen-bond acceptors (Lipinski definition) is 4. The molecule has 0 bridgehead atoms. The summed E-state index contributed by atoms with van der Waals surface area (Å²) in [4.78, 5) is 12.0. The topological polar surface area (TPSA) is 86.7 Å². The van der Waals surface area contributed by atoms with Crippen LogP contribution >= 0.6 is 0 Å². The molecule has 0 aromatic heterocycles. The Bertz CT molecular complexity index is 565. The molecular weight excluding hydrogens is 292 g/mol. The van der Waals surface area contributed by atoms with Crippen LogP contribution in [-0.4, -0.2) is 49.5 Å². The highest BCUT2D eigenvalue weighted by atomic mass is 32.2. The number of carbonyl (C=O) groups is 1. The van der Waals surface area contributed by atoms with Crippen LogP contribution in [0.3, 0.4) is 0 Å². The lowest BCUT2D eigenvalue weighted by molar-refractivity contribution is 0.0922. The Balaban J connectivity index is 2.95. The van der Waals surface area contributed by atoms with Gasteiger partial charge in [-0.3, -0.25) is 4.79 Å². The lowest BCUT2D eigenvalue weighted by Gasteiger charge is -2.18. The summed E-state index contributed by atoms with van der Waals surface area (Å²) in [5.41, 5.74) is 0.355. The third-order valence-corrected chi connectivity index (χ3v) is 5.18. The molecule has 7 heteroatoms. The zero-order chi connectivity index (χ0) is 16.0. The maximum Gasteiger partial charge on any atom is 0.251 e. The van der Waals surface area contributed by atoms with Crippen LogP contribution in [0.25, 0.3) is 0 Å². The van der Waals surface area contributed by atoms with Crippen molar-refractivity contribution in [2.24, 2.45) is 0 Å². The molecule has 0 aliphatic carbocycles. The van der Waals surface area contributed by atoms with Gasteiger partial charge in [-0.15, -0.1) is 0 Å². The molecule has 21 heavy (non-hydrogen) atoms. The summed E-state index contributed by atoms with van der Waals surface area (Å²) in [6.07, 6.45) is 0. The van der Waals surface area contributed by atoms with E-state index in [0.717, 1.165) is 0 Å². The molecule has 0 aliphatic heterocycles. The molecule has 0 saturated carbocycles. The first-order valence-corrected chi connectivity index (χ1v) is 8.32. The van der Waals surface area contributed by atoms with Gasteiger partial charge in [-0.1, -0.05) is 13.8 Å². The lowest BCUT2D eigenvalue weighted by atomic mass is 10.2. The van der Waals surface area contributed by atoms with E-state index in [-0.39, 0.29) is 23.5 Å². The molecular formula is C14H22N2O4S. The van der Waals surface area contributed by atoms with Crippen LogP contribution in [0.2, 0.25) is 0 Å². The number of carbonyl (C=O) groups excluding carboxylic acids is 1. The number of hydrogen-bond donors (Lipinski definition) is 2. The highest BCUT2D eigenvalue weighted by molar-refractivity contribution is 7.89. The van der Waals surface area contributed by atoms with Gasteiger partial charge in [-0.2, -0.15) is 4.31 Å². The Hall–Kier alpha value is -1.44. The number of amides is 1. The molecule has 1 atom stereocenters. The summed E-state index contributed by atoms with van der Waals surface area (Å²) in [5, 5.41) is 11.5. The third-order valence-electron chi connectivity index (χ3n) is 3.11. The third kappa shape index (κ3) is 4.26. The first-order chi connectivity index (χ1) is 9.86. The van der Waals surface area contributed by atoms with Crippen LogP contribution in [-0.2, 0) is 10.0 Å². The maximum atomic E-state index is 12.3. The van der Waals surface area contributed by atoms with Gasteiger partial charge in [0.2, 0.25) is 10.0 Å². The smallest absolute Gasteiger partial charge is 0.251 e. The van der Waals surface area contributed by atoms with Crippen molar-refractivity contribution in [1.82, 2.24) is 9.62 Å². The van der Waals surface area contributed by atoms with Crippen molar-refractivity contribution in [2.45, 2.75) is 31.7 Å². The second kappa shape index (κ2) is 7.53. The van der Waals surface area contributed by atoms with Gasteiger partial charge in [0.05, 0.1) is 11.5 Å². The zero-order valence-corrected chi connectivity index (χ0v) is 13.4. The minimum absolute atomic E-state index is 0.153. The van der Waals surface area contributed by atoms with Crippen molar-refractivity contribution >= 4 is 15.9 Å². The Morgan fingerprint density at radius 2 is 1.76 bits per heavy atom. The van der Waals surface area contributed by atoms with E-state index in [9.17, 15) is 13.2 Å². The number of rotatable bonds is 7. The van der Waals surface area contributed by atoms with Gasteiger partial charge in [0.25, 0.3) is 5.91 Å². The molecule has 1 amide bonds. The number of nitrogens with zero attached hydrogens (tertiary/aromatic N) is 1. The van der Waals surface area contributed by atoms with Gasteiger partial charge in [0.1, 0.15) is 0 Å². The molecule has 118 valence electrons. The molecule has 1 aromatic carbocycles. The summed E-state index contributed by atoms with van der Waals surface area (Å²) in [6, 6.07) is 5.43. The quantitative estimate of drug-likeness (QED) is 0.780. The molecule has 0 heterocycles. The largest absolute Gasteiger partial charge is 0.394 e. The van der Waals surface area contributed by atoms with E-state index < -0.39 is 10.0 Å². The lowest BCUT2D eigenvalue weighted by Crippen LogP contribution is -2.35. The fourth-order valence-electron chi connectivity index (χ4n) is 1.84. The standard InChI is InChI=1S/C14H22N2O4S/c1-4-16(5-2)21(19,20)13-8-6-12(7-9-13)14(18)15-11(3)10-17/h6-9,11,17H,4-5,10H2,1-3H3,(H,15,18). The van der Waals surface area contributed by atoms with E-state index in [2.05, 4.69) is 5.32 Å². The van der Waals surface area contributed by atoms with Gasteiger partial charge in [-0.25, -0.2) is 8.42 Å². The van der Waals surface area contributed by atoms with Gasteiger partial charge in [0.15, 0.2) is 0 Å². The van der Waals surface area contributed by atoms with E-state index in [1.807, 2.05) is 0 Å². The number of sulfonamides is 1. The number of aliphatic hydroxyl groups is 1. The van der Waals surface area contributed by atoms with Crippen LogP contribution in [0.5, 0.6) is 0 Å². The minimum Gasteiger partial charge on any atom is -0.394 e. The molecule has 1 aromatic rings. The van der Waals surface area contributed by atoms with Crippen molar-refractivity contribution in [1.29, 1.82) is 0 Å². The van der Waals surface area contributed by atoms with Gasteiger partial charge in [0, 0.05) is 24.7 Å². The maximum absolute atomic E-state index is 12.3. The van der Waals surface area contributed by atoms with Gasteiger partial charge < -0.3 is 10.4 Å². The molecule has 0 saturated heterocycles. The number of nitrogens with one attached hydrogen (secondary N) is 1. The van der Waals surface area contributed by atoms with Crippen LogP contribution in [0, 0.1) is 0 Å². The molecule has 1 rings (SSSR count). The Morgan fingerprint density at radius 3 is 2.19 bits per heavy atom. The first-order valence-electron chi connectivity index (χ1n) is 6.88. The summed E-state index contributed by atoms with van der Waals surface area (Å²) in [5.74, 6) is -0.344. The summed E-state index contributed by atoms with van der Waals surface area (Å²) in [7, 11) is -3.51. The van der Waals surface area contributed by atoms with Crippen molar-refractivity contribution < 1.29 is 18.3 Å². The van der Waals surface area contributed by atoms with E-state index >= 15 is 0 Å². The second-order valence-corrected chi connectivity index (χ2v) is 6.61. The van der Waals surface area contributed by atoms with Crippen molar-refractivity contribution in [3.05, 3.63) is 29.8 Å². The minimum atomic E-state index is -3.51. The Kier molecular flexibility index (Phi) is 6.32. The highest BCUT2D eigenvalue weighted by Gasteiger charge is 2.21. The summed E-state index contributed by atoms with van der Waals surface area (Å²) in [6.45, 7) is 5.87. The molecule has 0 fully saturated rings. The van der Waals surface area contributed by atoms with Gasteiger partial charge >= 0.3 is 0 Å². The van der Waals surface area contributed by atoms with Crippen LogP contribution in [0.4, 0.5) is 0 Å². The molecule has 6 nitrogen and oxygen atoms in total. The van der Waals surface area contributed by atoms with Crippen LogP contribution in [0.1, 0.15) is 31.1 Å². The average Bonchev–Trinajstić information content (AvgIpc) is 2.48. The molecule has 0 radical (unpaired) electrons. The Morgan fingerprint density at radius 1 is 1.24 bits per heavy atom. The van der Waals surface area contributed by atoms with Crippen molar-refractivity contribution in [3.8, 4) is 0 Å². The molecule has 1 unspecified atom stereocenters. The zero-order valence-electron chi connectivity index (χ0n) is 12.5. The Labute approximate surface area is 125 Å². The van der Waals surface area contributed by atoms with E-state index in [0.29, 0.717) is 18.7 Å². The number of aliphatic hydroxyl groups excluding tert-OH is 1. The van der Waals surface area contributed by atoms with Crippen molar-refractivity contribution in [3.63, 3.8) is 0 Å². The second-order valence-electron chi connectivity index (χ2n) is 4.67. The SMILES string of the molecule is CCN(CC)S(=O)(=O)c1ccc(C(=O)NC(C)CO)cc1. The first kappa shape index (κ1) is 17.6. The monoisotopic (exact) mass is 314 g/mol.